The standard InChI is InChI=1S/C8H17BrN2O2/c1-8(13,6-11(2)3)5-10-7(12)4-9/h13H,4-6H2,1-3H3,(H,10,12). The van der Waals surface area contributed by atoms with Crippen molar-refractivity contribution in [1.29, 1.82) is 0 Å². The Balaban J connectivity index is 3.81. The molecule has 1 unspecified atom stereocenters. The van der Waals surface area contributed by atoms with Crippen LogP contribution in [0.1, 0.15) is 6.92 Å². The van der Waals surface area contributed by atoms with Crippen LogP contribution in [0.3, 0.4) is 0 Å². The van der Waals surface area contributed by atoms with Gasteiger partial charge < -0.3 is 15.3 Å². The second-order valence-corrected chi connectivity index (χ2v) is 4.21. The number of aliphatic hydroxyl groups is 1. The summed E-state index contributed by atoms with van der Waals surface area (Å²) < 4.78 is 0. The van der Waals surface area contributed by atoms with Crippen LogP contribution in [0.15, 0.2) is 0 Å². The molecule has 0 heterocycles. The third-order valence-electron chi connectivity index (χ3n) is 1.44. The summed E-state index contributed by atoms with van der Waals surface area (Å²) in [6.45, 7) is 2.49. The van der Waals surface area contributed by atoms with Gasteiger partial charge in [-0.2, -0.15) is 0 Å². The van der Waals surface area contributed by atoms with E-state index in [4.69, 9.17) is 0 Å². The number of hydrogen-bond donors (Lipinski definition) is 2. The highest BCUT2D eigenvalue weighted by atomic mass is 79.9. The van der Waals surface area contributed by atoms with Gasteiger partial charge in [-0.15, -0.1) is 0 Å². The second kappa shape index (κ2) is 5.57. The fraction of sp³-hybridized carbons (Fsp3) is 0.875. The molecule has 1 atom stereocenters. The van der Waals surface area contributed by atoms with Crippen molar-refractivity contribution in [3.8, 4) is 0 Å². The van der Waals surface area contributed by atoms with Crippen LogP contribution in [0.5, 0.6) is 0 Å². The van der Waals surface area contributed by atoms with Crippen molar-refractivity contribution in [2.75, 3.05) is 32.5 Å². The van der Waals surface area contributed by atoms with Crippen LogP contribution in [0, 0.1) is 0 Å². The summed E-state index contributed by atoms with van der Waals surface area (Å²) in [6, 6.07) is 0. The first-order chi connectivity index (χ1) is 5.87. The van der Waals surface area contributed by atoms with E-state index >= 15 is 0 Å². The molecule has 0 aromatic rings. The van der Waals surface area contributed by atoms with E-state index in [1.165, 1.54) is 0 Å². The number of nitrogens with zero attached hydrogens (tertiary/aromatic N) is 1. The lowest BCUT2D eigenvalue weighted by molar-refractivity contribution is -0.119. The molecule has 0 saturated carbocycles. The van der Waals surface area contributed by atoms with Crippen LogP contribution < -0.4 is 5.32 Å². The summed E-state index contributed by atoms with van der Waals surface area (Å²) in [5.74, 6) is -0.112. The summed E-state index contributed by atoms with van der Waals surface area (Å²) in [7, 11) is 3.75. The summed E-state index contributed by atoms with van der Waals surface area (Å²) in [5, 5.41) is 12.6. The zero-order valence-corrected chi connectivity index (χ0v) is 9.89. The SMILES string of the molecule is CN(C)CC(C)(O)CNC(=O)CBr. The highest BCUT2D eigenvalue weighted by Crippen LogP contribution is 2.02. The van der Waals surface area contributed by atoms with Gasteiger partial charge in [0, 0.05) is 13.1 Å². The van der Waals surface area contributed by atoms with E-state index in [-0.39, 0.29) is 17.8 Å². The normalized spacial score (nSPS) is 15.5. The molecule has 2 N–H and O–H groups in total. The summed E-state index contributed by atoms with van der Waals surface area (Å²) in [4.78, 5) is 12.7. The highest BCUT2D eigenvalue weighted by molar-refractivity contribution is 9.09. The van der Waals surface area contributed by atoms with Gasteiger partial charge in [0.15, 0.2) is 0 Å². The molecule has 1 amide bonds. The monoisotopic (exact) mass is 252 g/mol. The fourth-order valence-electron chi connectivity index (χ4n) is 1.07. The van der Waals surface area contributed by atoms with Gasteiger partial charge in [0.25, 0.3) is 0 Å². The molecule has 0 saturated heterocycles. The summed E-state index contributed by atoms with van der Waals surface area (Å²) in [6.07, 6.45) is 0. The van der Waals surface area contributed by atoms with Gasteiger partial charge >= 0.3 is 0 Å². The molecule has 0 rings (SSSR count). The number of nitrogens with one attached hydrogen (secondary N) is 1. The van der Waals surface area contributed by atoms with Gasteiger partial charge in [0.05, 0.1) is 10.9 Å². The largest absolute Gasteiger partial charge is 0.387 e. The smallest absolute Gasteiger partial charge is 0.230 e. The Morgan fingerprint density at radius 1 is 1.62 bits per heavy atom. The summed E-state index contributed by atoms with van der Waals surface area (Å²) in [5.41, 5.74) is -0.874. The first-order valence-corrected chi connectivity index (χ1v) is 5.19. The molecule has 0 fully saturated rings. The van der Waals surface area contributed by atoms with Crippen molar-refractivity contribution in [2.24, 2.45) is 0 Å². The zero-order valence-electron chi connectivity index (χ0n) is 8.30. The molecule has 0 aliphatic carbocycles. The van der Waals surface area contributed by atoms with E-state index in [1.54, 1.807) is 6.92 Å². The average molecular weight is 253 g/mol. The minimum Gasteiger partial charge on any atom is -0.387 e. The molecule has 0 aliphatic heterocycles. The van der Waals surface area contributed by atoms with Gasteiger partial charge in [0.2, 0.25) is 5.91 Å². The number of alkyl halides is 1. The Morgan fingerprint density at radius 2 is 2.15 bits per heavy atom. The molecule has 0 bridgehead atoms. The lowest BCUT2D eigenvalue weighted by Crippen LogP contribution is -2.47. The number of likely N-dealkylation sites (N-methyl/N-ethyl adjacent to an activating group) is 1. The van der Waals surface area contributed by atoms with Gasteiger partial charge in [-0.3, -0.25) is 4.79 Å². The Bertz CT molecular complexity index is 172. The van der Waals surface area contributed by atoms with E-state index < -0.39 is 5.60 Å². The van der Waals surface area contributed by atoms with Crippen molar-refractivity contribution in [1.82, 2.24) is 10.2 Å². The minimum absolute atomic E-state index is 0.112. The molecule has 0 radical (unpaired) electrons. The van der Waals surface area contributed by atoms with Gasteiger partial charge in [-0.1, -0.05) is 15.9 Å². The predicted octanol–water partition coefficient (Wildman–Crippen LogP) is -0.190. The first kappa shape index (κ1) is 12.9. The van der Waals surface area contributed by atoms with Crippen LogP contribution in [-0.2, 0) is 4.79 Å². The number of amides is 1. The van der Waals surface area contributed by atoms with Crippen molar-refractivity contribution in [3.63, 3.8) is 0 Å². The number of rotatable bonds is 5. The van der Waals surface area contributed by atoms with Gasteiger partial charge in [0.1, 0.15) is 0 Å². The summed E-state index contributed by atoms with van der Waals surface area (Å²) >= 11 is 3.03. The molecular formula is C8H17BrN2O2. The third-order valence-corrected chi connectivity index (χ3v) is 1.95. The van der Waals surface area contributed by atoms with Crippen LogP contribution in [0.2, 0.25) is 0 Å². The van der Waals surface area contributed by atoms with Crippen molar-refractivity contribution >= 4 is 21.8 Å². The number of halogens is 1. The van der Waals surface area contributed by atoms with E-state index in [0.717, 1.165) is 0 Å². The maximum Gasteiger partial charge on any atom is 0.230 e. The van der Waals surface area contributed by atoms with E-state index in [0.29, 0.717) is 6.54 Å². The molecule has 0 aromatic carbocycles. The molecule has 13 heavy (non-hydrogen) atoms. The number of carbonyl (C=O) groups excluding carboxylic acids is 1. The molecule has 5 heteroatoms. The van der Waals surface area contributed by atoms with Crippen LogP contribution in [0.4, 0.5) is 0 Å². The molecule has 0 aromatic heterocycles. The number of carbonyl (C=O) groups is 1. The molecule has 0 aliphatic rings. The van der Waals surface area contributed by atoms with E-state index in [1.807, 2.05) is 19.0 Å². The Labute approximate surface area is 87.4 Å². The molecular weight excluding hydrogens is 236 g/mol. The molecule has 0 spiro atoms. The zero-order chi connectivity index (χ0) is 10.5. The Morgan fingerprint density at radius 3 is 2.54 bits per heavy atom. The van der Waals surface area contributed by atoms with Crippen molar-refractivity contribution in [2.45, 2.75) is 12.5 Å². The number of hydrogen-bond acceptors (Lipinski definition) is 3. The van der Waals surface area contributed by atoms with E-state index in [9.17, 15) is 9.90 Å². The highest BCUT2D eigenvalue weighted by Gasteiger charge is 2.21. The third kappa shape index (κ3) is 6.98. The lowest BCUT2D eigenvalue weighted by Gasteiger charge is -2.26. The molecule has 4 nitrogen and oxygen atoms in total. The minimum atomic E-state index is -0.874. The van der Waals surface area contributed by atoms with Crippen molar-refractivity contribution in [3.05, 3.63) is 0 Å². The van der Waals surface area contributed by atoms with Crippen LogP contribution >= 0.6 is 15.9 Å². The maximum absolute atomic E-state index is 10.9. The topological polar surface area (TPSA) is 52.6 Å². The van der Waals surface area contributed by atoms with Crippen molar-refractivity contribution < 1.29 is 9.90 Å². The Hall–Kier alpha value is -0.130. The second-order valence-electron chi connectivity index (χ2n) is 3.65. The fourth-order valence-corrected chi connectivity index (χ4v) is 1.27. The van der Waals surface area contributed by atoms with Crippen LogP contribution in [0.25, 0.3) is 0 Å². The quantitative estimate of drug-likeness (QED) is 0.668. The maximum atomic E-state index is 10.9. The Kier molecular flexibility index (Phi) is 5.51. The lowest BCUT2D eigenvalue weighted by atomic mass is 10.1. The first-order valence-electron chi connectivity index (χ1n) is 4.07. The predicted molar refractivity (Wildman–Crippen MR) is 56.0 cm³/mol. The van der Waals surface area contributed by atoms with Gasteiger partial charge in [-0.05, 0) is 21.0 Å². The van der Waals surface area contributed by atoms with E-state index in [2.05, 4.69) is 21.2 Å². The average Bonchev–Trinajstić information content (AvgIpc) is 1.98. The molecule has 78 valence electrons. The van der Waals surface area contributed by atoms with Gasteiger partial charge in [-0.25, -0.2) is 0 Å². The van der Waals surface area contributed by atoms with Crippen LogP contribution in [-0.4, -0.2) is 54.0 Å².